The lowest BCUT2D eigenvalue weighted by Crippen LogP contribution is -2.22. The first-order chi connectivity index (χ1) is 13.0. The topological polar surface area (TPSA) is 63.2 Å². The lowest BCUT2D eigenvalue weighted by atomic mass is 10.1. The fraction of sp³-hybridized carbons (Fsp3) is 0.333. The van der Waals surface area contributed by atoms with Crippen molar-refractivity contribution in [3.05, 3.63) is 53.1 Å². The number of benzene rings is 2. The van der Waals surface area contributed by atoms with E-state index in [2.05, 4.69) is 29.3 Å². The number of hydrogen-bond donors (Lipinski definition) is 1. The number of hydrazone groups is 1. The molecular weight excluding hydrogens is 342 g/mol. The van der Waals surface area contributed by atoms with Crippen molar-refractivity contribution in [1.29, 1.82) is 0 Å². The molecule has 2 aromatic rings. The van der Waals surface area contributed by atoms with E-state index >= 15 is 0 Å². The summed E-state index contributed by atoms with van der Waals surface area (Å²) >= 11 is 0. The normalized spacial score (nSPS) is 10.7. The first-order valence-electron chi connectivity index (χ1n) is 8.95. The van der Waals surface area contributed by atoms with Crippen LogP contribution in [-0.4, -0.2) is 39.4 Å². The van der Waals surface area contributed by atoms with Crippen LogP contribution in [0.15, 0.2) is 41.5 Å². The first-order valence-corrected chi connectivity index (χ1v) is 8.95. The average Bonchev–Trinajstić information content (AvgIpc) is 2.69. The van der Waals surface area contributed by atoms with Gasteiger partial charge in [0.05, 0.1) is 20.4 Å². The highest BCUT2D eigenvalue weighted by Crippen LogP contribution is 2.30. The number of anilines is 1. The third-order valence-electron chi connectivity index (χ3n) is 4.44. The van der Waals surface area contributed by atoms with Crippen LogP contribution >= 0.6 is 0 Å². The maximum atomic E-state index is 12.3. The van der Waals surface area contributed by atoms with Gasteiger partial charge < -0.3 is 14.4 Å². The molecule has 0 aliphatic heterocycles. The van der Waals surface area contributed by atoms with Gasteiger partial charge in [-0.05, 0) is 57.2 Å². The Labute approximate surface area is 160 Å². The molecule has 0 aliphatic rings. The van der Waals surface area contributed by atoms with E-state index in [0.29, 0.717) is 11.3 Å². The molecule has 27 heavy (non-hydrogen) atoms. The molecule has 0 fully saturated rings. The number of nitrogens with zero attached hydrogens (tertiary/aromatic N) is 2. The van der Waals surface area contributed by atoms with Gasteiger partial charge in [-0.15, -0.1) is 0 Å². The van der Waals surface area contributed by atoms with Crippen LogP contribution in [0.4, 0.5) is 5.69 Å². The third-order valence-corrected chi connectivity index (χ3v) is 4.44. The van der Waals surface area contributed by atoms with Crippen LogP contribution in [-0.2, 0) is 0 Å². The van der Waals surface area contributed by atoms with Crippen LogP contribution in [0.25, 0.3) is 0 Å². The monoisotopic (exact) mass is 369 g/mol. The second-order valence-electron chi connectivity index (χ2n) is 5.93. The molecule has 0 spiro atoms. The Balaban J connectivity index is 2.08. The summed E-state index contributed by atoms with van der Waals surface area (Å²) in [6.07, 6.45) is 1.56. The van der Waals surface area contributed by atoms with Crippen LogP contribution < -0.4 is 19.8 Å². The van der Waals surface area contributed by atoms with Crippen LogP contribution in [0.5, 0.6) is 11.5 Å². The lowest BCUT2D eigenvalue weighted by molar-refractivity contribution is 0.0955. The second kappa shape index (κ2) is 9.62. The van der Waals surface area contributed by atoms with Gasteiger partial charge in [0.2, 0.25) is 0 Å². The highest BCUT2D eigenvalue weighted by atomic mass is 16.5. The Hall–Kier alpha value is -3.02. The van der Waals surface area contributed by atoms with Crippen molar-refractivity contribution in [2.24, 2.45) is 5.10 Å². The summed E-state index contributed by atoms with van der Waals surface area (Å²) in [5, 5.41) is 4.06. The molecule has 2 aromatic carbocycles. The molecule has 0 heterocycles. The summed E-state index contributed by atoms with van der Waals surface area (Å²) in [6, 6.07) is 11.2. The van der Waals surface area contributed by atoms with E-state index in [1.807, 2.05) is 31.2 Å². The Morgan fingerprint density at radius 2 is 1.74 bits per heavy atom. The fourth-order valence-corrected chi connectivity index (χ4v) is 2.93. The van der Waals surface area contributed by atoms with E-state index in [1.165, 1.54) is 0 Å². The number of rotatable bonds is 8. The molecule has 144 valence electrons. The van der Waals surface area contributed by atoms with Gasteiger partial charge in [0.25, 0.3) is 5.91 Å². The van der Waals surface area contributed by atoms with E-state index in [9.17, 15) is 4.79 Å². The third kappa shape index (κ3) is 4.78. The number of hydrogen-bond acceptors (Lipinski definition) is 5. The highest BCUT2D eigenvalue weighted by Gasteiger charge is 2.10. The molecule has 0 radical (unpaired) electrons. The number of carbonyl (C=O) groups is 1. The van der Waals surface area contributed by atoms with Gasteiger partial charge in [-0.1, -0.05) is 0 Å². The number of methoxy groups -OCH3 is 2. The molecule has 0 aliphatic carbocycles. The minimum absolute atomic E-state index is 0.262. The summed E-state index contributed by atoms with van der Waals surface area (Å²) in [5.41, 5.74) is 5.84. The van der Waals surface area contributed by atoms with Gasteiger partial charge in [-0.2, -0.15) is 5.10 Å². The Bertz CT molecular complexity index is 797. The molecule has 0 aromatic heterocycles. The van der Waals surface area contributed by atoms with Crippen LogP contribution in [0.1, 0.15) is 35.3 Å². The molecule has 1 N–H and O–H groups in total. The van der Waals surface area contributed by atoms with Crippen molar-refractivity contribution >= 4 is 17.8 Å². The minimum atomic E-state index is -0.262. The zero-order chi connectivity index (χ0) is 19.8. The van der Waals surface area contributed by atoms with Gasteiger partial charge >= 0.3 is 0 Å². The Kier molecular flexibility index (Phi) is 7.23. The van der Waals surface area contributed by atoms with Gasteiger partial charge in [-0.25, -0.2) is 5.43 Å². The summed E-state index contributed by atoms with van der Waals surface area (Å²) in [6.45, 7) is 7.97. The molecule has 2 rings (SSSR count). The number of amides is 1. The summed E-state index contributed by atoms with van der Waals surface area (Å²) in [7, 11) is 3.20. The van der Waals surface area contributed by atoms with Crippen LogP contribution in [0.2, 0.25) is 0 Å². The van der Waals surface area contributed by atoms with E-state index in [0.717, 1.165) is 35.7 Å². The predicted molar refractivity (Wildman–Crippen MR) is 109 cm³/mol. The number of ether oxygens (including phenoxy) is 2. The van der Waals surface area contributed by atoms with E-state index in [4.69, 9.17) is 9.47 Å². The Morgan fingerprint density at radius 3 is 2.30 bits per heavy atom. The zero-order valence-corrected chi connectivity index (χ0v) is 16.6. The standard InChI is InChI=1S/C21H27N3O3/c1-6-24(7-2)18-11-8-16(9-12-18)21(25)23-22-14-17-10-13-19(26-4)15(3)20(17)27-5/h8-14H,6-7H2,1-5H3,(H,23,25). The maximum Gasteiger partial charge on any atom is 0.271 e. The summed E-state index contributed by atoms with van der Waals surface area (Å²) in [4.78, 5) is 14.5. The number of nitrogens with one attached hydrogen (secondary N) is 1. The fourth-order valence-electron chi connectivity index (χ4n) is 2.93. The van der Waals surface area contributed by atoms with Crippen molar-refractivity contribution in [3.63, 3.8) is 0 Å². The number of carbonyl (C=O) groups excluding carboxylic acids is 1. The van der Waals surface area contributed by atoms with Crippen molar-refractivity contribution in [2.75, 3.05) is 32.2 Å². The second-order valence-corrected chi connectivity index (χ2v) is 5.93. The lowest BCUT2D eigenvalue weighted by Gasteiger charge is -2.20. The Morgan fingerprint density at radius 1 is 1.07 bits per heavy atom. The summed E-state index contributed by atoms with van der Waals surface area (Å²) in [5.74, 6) is 1.14. The van der Waals surface area contributed by atoms with Gasteiger partial charge in [0.15, 0.2) is 0 Å². The first kappa shape index (κ1) is 20.3. The molecule has 0 atom stereocenters. The molecule has 0 saturated carbocycles. The SMILES string of the molecule is CCN(CC)c1ccc(C(=O)NN=Cc2ccc(OC)c(C)c2OC)cc1. The maximum absolute atomic E-state index is 12.3. The van der Waals surface area contributed by atoms with Crippen LogP contribution in [0, 0.1) is 6.92 Å². The highest BCUT2D eigenvalue weighted by molar-refractivity contribution is 5.95. The molecular formula is C21H27N3O3. The van der Waals surface area contributed by atoms with Gasteiger partial charge in [-0.3, -0.25) is 4.79 Å². The summed E-state index contributed by atoms with van der Waals surface area (Å²) < 4.78 is 10.7. The van der Waals surface area contributed by atoms with Crippen molar-refractivity contribution in [3.8, 4) is 11.5 Å². The quantitative estimate of drug-likeness (QED) is 0.570. The van der Waals surface area contributed by atoms with E-state index in [1.54, 1.807) is 32.6 Å². The van der Waals surface area contributed by atoms with Crippen molar-refractivity contribution < 1.29 is 14.3 Å². The molecule has 0 bridgehead atoms. The van der Waals surface area contributed by atoms with Crippen LogP contribution in [0.3, 0.4) is 0 Å². The largest absolute Gasteiger partial charge is 0.496 e. The minimum Gasteiger partial charge on any atom is -0.496 e. The molecule has 6 nitrogen and oxygen atoms in total. The van der Waals surface area contributed by atoms with Crippen molar-refractivity contribution in [2.45, 2.75) is 20.8 Å². The predicted octanol–water partition coefficient (Wildman–Crippen LogP) is 3.62. The van der Waals surface area contributed by atoms with E-state index < -0.39 is 0 Å². The zero-order valence-electron chi connectivity index (χ0n) is 16.6. The van der Waals surface area contributed by atoms with Crippen molar-refractivity contribution in [1.82, 2.24) is 5.43 Å². The molecule has 0 unspecified atom stereocenters. The molecule has 0 saturated heterocycles. The van der Waals surface area contributed by atoms with Gasteiger partial charge in [0.1, 0.15) is 11.5 Å². The molecule has 6 heteroatoms. The molecule has 1 amide bonds. The van der Waals surface area contributed by atoms with E-state index in [-0.39, 0.29) is 5.91 Å². The van der Waals surface area contributed by atoms with Gasteiger partial charge in [0, 0.05) is 35.5 Å². The average molecular weight is 369 g/mol. The smallest absolute Gasteiger partial charge is 0.271 e.